The maximum atomic E-state index is 10.8. The van der Waals surface area contributed by atoms with Crippen LogP contribution in [0.1, 0.15) is 62.7 Å². The zero-order chi connectivity index (χ0) is 22.2. The summed E-state index contributed by atoms with van der Waals surface area (Å²) in [6, 6.07) is 6.16. The lowest BCUT2D eigenvalue weighted by molar-refractivity contribution is -0.150. The molecule has 31 heavy (non-hydrogen) atoms. The van der Waals surface area contributed by atoms with Gasteiger partial charge in [0.05, 0.1) is 0 Å². The van der Waals surface area contributed by atoms with Crippen LogP contribution in [-0.4, -0.2) is 33.4 Å². The van der Waals surface area contributed by atoms with E-state index in [1.165, 1.54) is 44.1 Å². The van der Waals surface area contributed by atoms with Crippen molar-refractivity contribution in [3.63, 3.8) is 0 Å². The lowest BCUT2D eigenvalue weighted by atomic mass is 9.48. The van der Waals surface area contributed by atoms with Gasteiger partial charge in [-0.1, -0.05) is 31.6 Å². The van der Waals surface area contributed by atoms with Crippen LogP contribution in [-0.2, 0) is 14.9 Å². The fourth-order valence-electron chi connectivity index (χ4n) is 6.33. The molecule has 5 rings (SSSR count). The summed E-state index contributed by atoms with van der Waals surface area (Å²) in [6.07, 6.45) is 6.86. The molecule has 1 N–H and O–H groups in total. The first-order valence-corrected chi connectivity index (χ1v) is 15.3. The van der Waals surface area contributed by atoms with Crippen molar-refractivity contribution in [2.24, 2.45) is 17.8 Å². The van der Waals surface area contributed by atoms with Gasteiger partial charge >= 0.3 is 0 Å². The van der Waals surface area contributed by atoms with Crippen LogP contribution in [0.3, 0.4) is 0 Å². The van der Waals surface area contributed by atoms with Crippen LogP contribution < -0.4 is 4.74 Å². The largest absolute Gasteiger partial charge is 0.467 e. The number of aliphatic hydroxyl groups excluding tert-OH is 1. The first-order chi connectivity index (χ1) is 14.7. The van der Waals surface area contributed by atoms with Crippen molar-refractivity contribution in [2.45, 2.75) is 82.9 Å². The number of benzene rings is 1. The summed E-state index contributed by atoms with van der Waals surface area (Å²) in [5, 5.41) is 10.8. The molecule has 0 aliphatic heterocycles. The molecule has 4 fully saturated rings. The van der Waals surface area contributed by atoms with E-state index in [4.69, 9.17) is 14.2 Å². The van der Waals surface area contributed by atoms with E-state index in [0.29, 0.717) is 0 Å². The van der Waals surface area contributed by atoms with Crippen LogP contribution in [0.15, 0.2) is 18.2 Å². The minimum Gasteiger partial charge on any atom is -0.467 e. The van der Waals surface area contributed by atoms with Gasteiger partial charge in [0.25, 0.3) is 0 Å². The fraction of sp³-hybridized carbons (Fsp3) is 0.692. The Labute approximate surface area is 188 Å². The Morgan fingerprint density at radius 3 is 2.26 bits per heavy atom. The Morgan fingerprint density at radius 2 is 1.71 bits per heavy atom. The summed E-state index contributed by atoms with van der Waals surface area (Å²) in [6.45, 7) is 8.62. The van der Waals surface area contributed by atoms with Crippen LogP contribution in [0.5, 0.6) is 5.75 Å². The van der Waals surface area contributed by atoms with Crippen molar-refractivity contribution in [1.82, 2.24) is 0 Å². The molecule has 1 aromatic rings. The molecular weight excluding hydrogens is 404 g/mol. The summed E-state index contributed by atoms with van der Waals surface area (Å²) >= 11 is 0. The molecule has 170 valence electrons. The van der Waals surface area contributed by atoms with E-state index in [1.54, 1.807) is 7.11 Å². The minimum atomic E-state index is -1.54. The molecule has 2 unspecified atom stereocenters. The lowest BCUT2D eigenvalue weighted by Gasteiger charge is -2.57. The third kappa shape index (κ3) is 5.20. The van der Waals surface area contributed by atoms with Gasteiger partial charge in [0, 0.05) is 12.7 Å². The molecule has 0 spiro atoms. The molecule has 4 aliphatic rings. The first-order valence-electron chi connectivity index (χ1n) is 11.8. The van der Waals surface area contributed by atoms with Gasteiger partial charge in [-0.25, -0.2) is 0 Å². The number of methoxy groups -OCH3 is 1. The third-order valence-electron chi connectivity index (χ3n) is 7.36. The Bertz CT molecular complexity index is 812. The van der Waals surface area contributed by atoms with Crippen molar-refractivity contribution in [3.8, 4) is 17.2 Å². The molecule has 4 saturated carbocycles. The number of hydrogen-bond donors (Lipinski definition) is 1. The summed E-state index contributed by atoms with van der Waals surface area (Å²) in [4.78, 5) is 0. The Balaban J connectivity index is 1.65. The predicted molar refractivity (Wildman–Crippen MR) is 125 cm³/mol. The second-order valence-electron chi connectivity index (χ2n) is 11.1. The monoisotopic (exact) mass is 442 g/mol. The van der Waals surface area contributed by atoms with E-state index in [9.17, 15) is 5.11 Å². The predicted octanol–water partition coefficient (Wildman–Crippen LogP) is 5.41. The van der Waals surface area contributed by atoms with Crippen LogP contribution in [0.4, 0.5) is 0 Å². The van der Waals surface area contributed by atoms with Gasteiger partial charge < -0.3 is 19.3 Å². The molecule has 2 atom stereocenters. The SMILES string of the molecule is COC(C)OCOc1ccc(C(O)C#C[Si](C)(C)C)cc1C12CC3CC(CC(C3)C1)C2. The molecular formula is C26H38O4Si. The normalized spacial score (nSPS) is 31.1. The number of aliphatic hydroxyl groups is 1. The second kappa shape index (κ2) is 8.90. The highest BCUT2D eigenvalue weighted by atomic mass is 28.3. The highest BCUT2D eigenvalue weighted by Gasteiger charge is 2.52. The Kier molecular flexibility index (Phi) is 6.56. The van der Waals surface area contributed by atoms with Crippen LogP contribution >= 0.6 is 0 Å². The van der Waals surface area contributed by atoms with Crippen LogP contribution in [0, 0.1) is 29.2 Å². The molecule has 5 heteroatoms. The summed E-state index contributed by atoms with van der Waals surface area (Å²) < 4.78 is 16.9. The molecule has 4 nitrogen and oxygen atoms in total. The van der Waals surface area contributed by atoms with Gasteiger partial charge in [0.2, 0.25) is 0 Å². The smallest absolute Gasteiger partial charge is 0.191 e. The summed E-state index contributed by atoms with van der Waals surface area (Å²) in [7, 11) is 0.0872. The Hall–Kier alpha value is -1.32. The van der Waals surface area contributed by atoms with Crippen molar-refractivity contribution in [3.05, 3.63) is 29.3 Å². The highest BCUT2D eigenvalue weighted by Crippen LogP contribution is 2.62. The lowest BCUT2D eigenvalue weighted by Crippen LogP contribution is -2.48. The standard InChI is InChI=1S/C26H38O4Si/c1-18(28-2)29-17-30-25-7-6-22(24(27)8-9-31(3,4)5)13-23(25)26-14-19-10-20(15-26)12-21(11-19)16-26/h6-7,13,18-21,24,27H,10-12,14-17H2,1-5H3. The molecule has 0 saturated heterocycles. The van der Waals surface area contributed by atoms with E-state index in [0.717, 1.165) is 29.1 Å². The zero-order valence-electron chi connectivity index (χ0n) is 19.7. The summed E-state index contributed by atoms with van der Waals surface area (Å²) in [5.41, 5.74) is 5.62. The van der Waals surface area contributed by atoms with Crippen molar-refractivity contribution >= 4 is 8.07 Å². The average molecular weight is 443 g/mol. The fourth-order valence-corrected chi connectivity index (χ4v) is 6.90. The third-order valence-corrected chi connectivity index (χ3v) is 8.26. The molecule has 0 aromatic heterocycles. The van der Waals surface area contributed by atoms with E-state index in [-0.39, 0.29) is 18.5 Å². The van der Waals surface area contributed by atoms with Crippen molar-refractivity contribution < 1.29 is 19.3 Å². The van der Waals surface area contributed by atoms with Gasteiger partial charge in [-0.3, -0.25) is 0 Å². The van der Waals surface area contributed by atoms with E-state index >= 15 is 0 Å². The number of ether oxygens (including phenoxy) is 3. The van der Waals surface area contributed by atoms with Gasteiger partial charge in [0.1, 0.15) is 19.9 Å². The molecule has 4 bridgehead atoms. The summed E-state index contributed by atoms with van der Waals surface area (Å²) in [5.74, 6) is 6.51. The van der Waals surface area contributed by atoms with Crippen molar-refractivity contribution in [2.75, 3.05) is 13.9 Å². The van der Waals surface area contributed by atoms with Crippen LogP contribution in [0.2, 0.25) is 19.6 Å². The average Bonchev–Trinajstić information content (AvgIpc) is 2.70. The number of rotatable bonds is 7. The van der Waals surface area contributed by atoms with Gasteiger partial charge in [-0.05, 0) is 86.3 Å². The van der Waals surface area contributed by atoms with Crippen LogP contribution in [0.25, 0.3) is 0 Å². The second-order valence-corrected chi connectivity index (χ2v) is 15.9. The minimum absolute atomic E-state index is 0.158. The molecule has 0 radical (unpaired) electrons. The zero-order valence-corrected chi connectivity index (χ0v) is 20.7. The molecule has 0 amide bonds. The maximum absolute atomic E-state index is 10.8. The molecule has 4 aliphatic carbocycles. The number of hydrogen-bond acceptors (Lipinski definition) is 4. The topological polar surface area (TPSA) is 47.9 Å². The maximum Gasteiger partial charge on any atom is 0.191 e. The highest BCUT2D eigenvalue weighted by molar-refractivity contribution is 6.83. The Morgan fingerprint density at radius 1 is 1.10 bits per heavy atom. The molecule has 1 aromatic carbocycles. The quantitative estimate of drug-likeness (QED) is 0.348. The van der Waals surface area contributed by atoms with Gasteiger partial charge in [-0.15, -0.1) is 5.54 Å². The molecule has 0 heterocycles. The van der Waals surface area contributed by atoms with Gasteiger partial charge in [-0.2, -0.15) is 0 Å². The van der Waals surface area contributed by atoms with E-state index in [2.05, 4.69) is 37.2 Å². The van der Waals surface area contributed by atoms with E-state index in [1.807, 2.05) is 19.1 Å². The van der Waals surface area contributed by atoms with E-state index < -0.39 is 14.2 Å². The van der Waals surface area contributed by atoms with Gasteiger partial charge in [0.15, 0.2) is 13.1 Å². The van der Waals surface area contributed by atoms with Crippen molar-refractivity contribution in [1.29, 1.82) is 0 Å². The first kappa shape index (κ1) is 22.9.